The van der Waals surface area contributed by atoms with Crippen molar-refractivity contribution in [2.75, 3.05) is 13.1 Å². The Morgan fingerprint density at radius 2 is 1.67 bits per heavy atom. The molecule has 0 aliphatic carbocycles. The Morgan fingerprint density at radius 1 is 1.07 bits per heavy atom. The van der Waals surface area contributed by atoms with Gasteiger partial charge in [0.25, 0.3) is 0 Å². The molecule has 0 radical (unpaired) electrons. The molecule has 1 aliphatic rings. The number of nitrogens with one attached hydrogen (secondary N) is 1. The zero-order valence-corrected chi connectivity index (χ0v) is 18.2. The van der Waals surface area contributed by atoms with Crippen LogP contribution in [0.15, 0.2) is 35.2 Å². The van der Waals surface area contributed by atoms with E-state index in [2.05, 4.69) is 5.32 Å². The highest BCUT2D eigenvalue weighted by molar-refractivity contribution is 7.89. The van der Waals surface area contributed by atoms with E-state index in [0.717, 1.165) is 17.7 Å². The minimum atomic E-state index is -3.64. The molecule has 2 aromatic rings. The van der Waals surface area contributed by atoms with Gasteiger partial charge in [0.15, 0.2) is 0 Å². The van der Waals surface area contributed by atoms with Gasteiger partial charge in [-0.1, -0.05) is 23.8 Å². The number of aryl methyl sites for hydroxylation is 3. The van der Waals surface area contributed by atoms with Crippen molar-refractivity contribution in [2.45, 2.75) is 45.1 Å². The van der Waals surface area contributed by atoms with Crippen molar-refractivity contribution in [1.82, 2.24) is 9.62 Å². The molecule has 1 amide bonds. The van der Waals surface area contributed by atoms with Gasteiger partial charge in [-0.15, -0.1) is 0 Å². The highest BCUT2D eigenvalue weighted by Gasteiger charge is 2.33. The minimum absolute atomic E-state index is 0.0365. The molecule has 1 aliphatic heterocycles. The summed E-state index contributed by atoms with van der Waals surface area (Å²) in [5.74, 6) is -1.98. The number of sulfonamides is 1. The van der Waals surface area contributed by atoms with Gasteiger partial charge in [-0.2, -0.15) is 4.31 Å². The smallest absolute Gasteiger partial charge is 0.243 e. The Labute approximate surface area is 176 Å². The Bertz CT molecular complexity index is 1040. The SMILES string of the molecule is Cc1cc(C)c(S(=O)(=O)N2CCC(C(=O)NCc3ccc(F)cc3F)CC2)c(C)c1. The second kappa shape index (κ2) is 8.81. The summed E-state index contributed by atoms with van der Waals surface area (Å²) in [5, 5.41) is 2.67. The summed E-state index contributed by atoms with van der Waals surface area (Å²) in [5.41, 5.74) is 2.65. The number of hydrogen-bond donors (Lipinski definition) is 1. The van der Waals surface area contributed by atoms with Gasteiger partial charge >= 0.3 is 0 Å². The molecule has 1 N–H and O–H groups in total. The fourth-order valence-electron chi connectivity index (χ4n) is 4.05. The van der Waals surface area contributed by atoms with Crippen molar-refractivity contribution in [2.24, 2.45) is 5.92 Å². The van der Waals surface area contributed by atoms with E-state index in [9.17, 15) is 22.0 Å². The molecule has 0 aromatic heterocycles. The number of hydrogen-bond acceptors (Lipinski definition) is 3. The predicted molar refractivity (Wildman–Crippen MR) is 110 cm³/mol. The lowest BCUT2D eigenvalue weighted by atomic mass is 9.97. The third-order valence-corrected chi connectivity index (χ3v) is 7.70. The standard InChI is InChI=1S/C22H26F2N2O3S/c1-14-10-15(2)21(16(3)11-14)30(28,29)26-8-6-17(7-9-26)22(27)25-13-18-4-5-19(23)12-20(18)24/h4-5,10-12,17H,6-9,13H2,1-3H3,(H,25,27). The molecule has 0 saturated carbocycles. The summed E-state index contributed by atoms with van der Waals surface area (Å²) >= 11 is 0. The molecular weight excluding hydrogens is 410 g/mol. The second-order valence-electron chi connectivity index (χ2n) is 7.86. The zero-order valence-electron chi connectivity index (χ0n) is 17.3. The molecule has 5 nitrogen and oxygen atoms in total. The summed E-state index contributed by atoms with van der Waals surface area (Å²) in [4.78, 5) is 12.8. The second-order valence-corrected chi connectivity index (χ2v) is 9.73. The predicted octanol–water partition coefficient (Wildman–Crippen LogP) is 3.61. The normalized spacial score (nSPS) is 15.9. The third kappa shape index (κ3) is 4.70. The van der Waals surface area contributed by atoms with Crippen molar-refractivity contribution >= 4 is 15.9 Å². The van der Waals surface area contributed by atoms with E-state index < -0.39 is 21.7 Å². The lowest BCUT2D eigenvalue weighted by Gasteiger charge is -2.31. The molecule has 30 heavy (non-hydrogen) atoms. The average Bonchev–Trinajstić information content (AvgIpc) is 2.66. The molecule has 2 aromatic carbocycles. The summed E-state index contributed by atoms with van der Waals surface area (Å²) in [6.07, 6.45) is 0.780. The maximum absolute atomic E-state index is 13.7. The van der Waals surface area contributed by atoms with Crippen LogP contribution in [0.25, 0.3) is 0 Å². The van der Waals surface area contributed by atoms with Gasteiger partial charge in [-0.05, 0) is 50.8 Å². The van der Waals surface area contributed by atoms with Gasteiger partial charge in [-0.25, -0.2) is 17.2 Å². The summed E-state index contributed by atoms with van der Waals surface area (Å²) in [6.45, 7) is 5.98. The maximum atomic E-state index is 13.7. The van der Waals surface area contributed by atoms with E-state index in [1.807, 2.05) is 19.1 Å². The molecule has 1 fully saturated rings. The Morgan fingerprint density at radius 3 is 2.23 bits per heavy atom. The molecule has 1 saturated heterocycles. The van der Waals surface area contributed by atoms with Crippen LogP contribution in [0.2, 0.25) is 0 Å². The number of carbonyl (C=O) groups is 1. The van der Waals surface area contributed by atoms with Crippen LogP contribution in [0.4, 0.5) is 8.78 Å². The summed E-state index contributed by atoms with van der Waals surface area (Å²) in [7, 11) is -3.64. The van der Waals surface area contributed by atoms with Crippen LogP contribution < -0.4 is 5.32 Å². The highest BCUT2D eigenvalue weighted by Crippen LogP contribution is 2.29. The molecule has 8 heteroatoms. The zero-order chi connectivity index (χ0) is 22.1. The molecule has 162 valence electrons. The first-order chi connectivity index (χ1) is 14.1. The molecule has 1 heterocycles. The number of carbonyl (C=O) groups excluding carboxylic acids is 1. The third-order valence-electron chi connectivity index (χ3n) is 5.50. The van der Waals surface area contributed by atoms with Crippen molar-refractivity contribution < 1.29 is 22.0 Å². The quantitative estimate of drug-likeness (QED) is 0.779. The van der Waals surface area contributed by atoms with Gasteiger partial charge in [0.05, 0.1) is 4.90 Å². The summed E-state index contributed by atoms with van der Waals surface area (Å²) < 4.78 is 54.4. The Balaban J connectivity index is 1.62. The molecule has 0 atom stereocenters. The van der Waals surface area contributed by atoms with Crippen molar-refractivity contribution in [3.63, 3.8) is 0 Å². The van der Waals surface area contributed by atoms with E-state index in [1.165, 1.54) is 10.4 Å². The van der Waals surface area contributed by atoms with Gasteiger partial charge in [0.1, 0.15) is 11.6 Å². The summed E-state index contributed by atoms with van der Waals surface area (Å²) in [6, 6.07) is 6.93. The monoisotopic (exact) mass is 436 g/mol. The first kappa shape index (κ1) is 22.4. The van der Waals surface area contributed by atoms with Crippen LogP contribution in [0.3, 0.4) is 0 Å². The van der Waals surface area contributed by atoms with Crippen molar-refractivity contribution in [1.29, 1.82) is 0 Å². The maximum Gasteiger partial charge on any atom is 0.243 e. The molecular formula is C22H26F2N2O3S. The topological polar surface area (TPSA) is 66.5 Å². The van der Waals surface area contributed by atoms with Gasteiger partial charge in [-0.3, -0.25) is 4.79 Å². The highest BCUT2D eigenvalue weighted by atomic mass is 32.2. The molecule has 0 bridgehead atoms. The molecule has 3 rings (SSSR count). The Kier molecular flexibility index (Phi) is 6.57. The minimum Gasteiger partial charge on any atom is -0.352 e. The van der Waals surface area contributed by atoms with Crippen LogP contribution >= 0.6 is 0 Å². The van der Waals surface area contributed by atoms with Gasteiger partial charge in [0.2, 0.25) is 15.9 Å². The number of halogens is 2. The van der Waals surface area contributed by atoms with Crippen molar-refractivity contribution in [3.8, 4) is 0 Å². The number of rotatable bonds is 5. The van der Waals surface area contributed by atoms with Crippen molar-refractivity contribution in [3.05, 3.63) is 64.2 Å². The number of nitrogens with zero attached hydrogens (tertiary/aromatic N) is 1. The Hall–Kier alpha value is -2.32. The van der Waals surface area contributed by atoms with Crippen LogP contribution in [0.5, 0.6) is 0 Å². The largest absolute Gasteiger partial charge is 0.352 e. The fourth-order valence-corrected chi connectivity index (χ4v) is 5.93. The average molecular weight is 437 g/mol. The molecule has 0 unspecified atom stereocenters. The number of benzene rings is 2. The fraction of sp³-hybridized carbons (Fsp3) is 0.409. The van der Waals surface area contributed by atoms with E-state index in [-0.39, 0.29) is 37.0 Å². The van der Waals surface area contributed by atoms with Crippen LogP contribution in [0.1, 0.15) is 35.1 Å². The van der Waals surface area contributed by atoms with Crippen LogP contribution in [-0.2, 0) is 21.4 Å². The lowest BCUT2D eigenvalue weighted by molar-refractivity contribution is -0.126. The van der Waals surface area contributed by atoms with E-state index in [1.54, 1.807) is 13.8 Å². The number of piperidine rings is 1. The van der Waals surface area contributed by atoms with E-state index in [4.69, 9.17) is 0 Å². The lowest BCUT2D eigenvalue weighted by Crippen LogP contribution is -2.43. The number of amides is 1. The first-order valence-corrected chi connectivity index (χ1v) is 11.3. The van der Waals surface area contributed by atoms with Crippen LogP contribution in [0, 0.1) is 38.3 Å². The van der Waals surface area contributed by atoms with Gasteiger partial charge in [0, 0.05) is 37.2 Å². The first-order valence-electron chi connectivity index (χ1n) is 9.89. The molecule has 0 spiro atoms. The van der Waals surface area contributed by atoms with Gasteiger partial charge < -0.3 is 5.32 Å². The van der Waals surface area contributed by atoms with E-state index >= 15 is 0 Å². The van der Waals surface area contributed by atoms with Crippen LogP contribution in [-0.4, -0.2) is 31.7 Å². The van der Waals surface area contributed by atoms with E-state index in [0.29, 0.717) is 28.9 Å².